The van der Waals surface area contributed by atoms with Gasteiger partial charge in [0, 0.05) is 13.5 Å². The summed E-state index contributed by atoms with van der Waals surface area (Å²) in [6, 6.07) is -1.16. The average Bonchev–Trinajstić information content (AvgIpc) is 2.34. The van der Waals surface area contributed by atoms with Crippen molar-refractivity contribution in [3.05, 3.63) is 5.53 Å². The van der Waals surface area contributed by atoms with Crippen molar-refractivity contribution < 1.29 is 29.0 Å². The van der Waals surface area contributed by atoms with E-state index in [4.69, 9.17) is 15.4 Å². The molecule has 0 aromatic heterocycles. The van der Waals surface area contributed by atoms with Gasteiger partial charge in [0.15, 0.2) is 0 Å². The minimum atomic E-state index is -1.23. The molecule has 0 fully saturated rings. The van der Waals surface area contributed by atoms with Crippen molar-refractivity contribution >= 4 is 23.9 Å². The molecule has 0 unspecified atom stereocenters. The number of hydrogen-bond acceptors (Lipinski definition) is 4. The molecule has 8 heteroatoms. The second kappa shape index (κ2) is 8.96. The SMILES string of the molecule is COC[C@H](C)C(=O)N[C@@H](CCC(=O)C=[N+]=[N-])C(=O)O. The molecule has 2 atom stereocenters. The highest BCUT2D eigenvalue weighted by atomic mass is 16.5. The van der Waals surface area contributed by atoms with Crippen molar-refractivity contribution in [2.24, 2.45) is 5.92 Å². The molecule has 2 N–H and O–H groups in total. The maximum atomic E-state index is 11.6. The van der Waals surface area contributed by atoms with Gasteiger partial charge in [0.25, 0.3) is 0 Å². The molecule has 1 amide bonds. The Bertz CT molecular complexity index is 390. The first kappa shape index (κ1) is 16.9. The van der Waals surface area contributed by atoms with E-state index in [2.05, 4.69) is 10.1 Å². The third-order valence-corrected chi connectivity index (χ3v) is 2.36. The number of Topliss-reactive ketones (excluding diaryl/α,β-unsaturated/α-hetero) is 1. The number of carboxylic acid groups (broad SMARTS) is 1. The zero-order valence-corrected chi connectivity index (χ0v) is 10.8. The fraction of sp³-hybridized carbons (Fsp3) is 0.636. The number of carboxylic acids is 1. The summed E-state index contributed by atoms with van der Waals surface area (Å²) in [5.41, 5.74) is 8.14. The Hall–Kier alpha value is -2.05. The van der Waals surface area contributed by atoms with Gasteiger partial charge < -0.3 is 20.7 Å². The van der Waals surface area contributed by atoms with Crippen LogP contribution in [0, 0.1) is 5.92 Å². The number of ketones is 1. The van der Waals surface area contributed by atoms with Crippen molar-refractivity contribution in [3.8, 4) is 0 Å². The van der Waals surface area contributed by atoms with Gasteiger partial charge in [-0.1, -0.05) is 6.92 Å². The average molecular weight is 271 g/mol. The molecule has 0 bridgehead atoms. The van der Waals surface area contributed by atoms with Gasteiger partial charge in [-0.05, 0) is 6.42 Å². The lowest BCUT2D eigenvalue weighted by atomic mass is 10.1. The Morgan fingerprint density at radius 3 is 2.58 bits per heavy atom. The molecule has 0 saturated carbocycles. The van der Waals surface area contributed by atoms with Crippen LogP contribution in [-0.4, -0.2) is 53.5 Å². The van der Waals surface area contributed by atoms with E-state index in [-0.39, 0.29) is 19.4 Å². The largest absolute Gasteiger partial charge is 0.480 e. The summed E-state index contributed by atoms with van der Waals surface area (Å²) in [5, 5.41) is 11.3. The monoisotopic (exact) mass is 271 g/mol. The molecule has 0 radical (unpaired) electrons. The summed E-state index contributed by atoms with van der Waals surface area (Å²) in [4.78, 5) is 36.2. The lowest BCUT2D eigenvalue weighted by Gasteiger charge is -2.16. The summed E-state index contributed by atoms with van der Waals surface area (Å²) in [6.45, 7) is 1.77. The van der Waals surface area contributed by atoms with Gasteiger partial charge >= 0.3 is 12.2 Å². The molecule has 0 heterocycles. The Morgan fingerprint density at radius 1 is 1.47 bits per heavy atom. The van der Waals surface area contributed by atoms with Gasteiger partial charge in [-0.3, -0.25) is 9.59 Å². The smallest absolute Gasteiger partial charge is 0.326 e. The number of ether oxygens (including phenoxy) is 1. The molecular formula is C11H17N3O5. The van der Waals surface area contributed by atoms with Crippen molar-refractivity contribution in [3.63, 3.8) is 0 Å². The number of methoxy groups -OCH3 is 1. The molecule has 0 aliphatic carbocycles. The Balaban J connectivity index is 4.42. The van der Waals surface area contributed by atoms with Crippen LogP contribution in [0.25, 0.3) is 5.53 Å². The number of rotatable bonds is 9. The van der Waals surface area contributed by atoms with Crippen LogP contribution in [0.3, 0.4) is 0 Å². The van der Waals surface area contributed by atoms with Crippen molar-refractivity contribution in [1.82, 2.24) is 5.32 Å². The predicted molar refractivity (Wildman–Crippen MR) is 64.5 cm³/mol. The highest BCUT2D eigenvalue weighted by Crippen LogP contribution is 2.02. The van der Waals surface area contributed by atoms with Crippen LogP contribution in [0.2, 0.25) is 0 Å². The minimum absolute atomic E-state index is 0.0777. The number of hydrogen-bond donors (Lipinski definition) is 2. The minimum Gasteiger partial charge on any atom is -0.480 e. The fourth-order valence-electron chi connectivity index (χ4n) is 1.31. The number of aliphatic carboxylic acids is 1. The number of nitrogens with zero attached hydrogens (tertiary/aromatic N) is 2. The molecule has 0 aromatic rings. The standard InChI is InChI=1S/C11H17N3O5/c1-7(6-19-2)10(16)14-9(11(17)18)4-3-8(15)5-13-12/h5,7,9H,3-4,6H2,1-2H3,(H,14,16)(H,17,18)/t7-,9-/m0/s1. The van der Waals surface area contributed by atoms with E-state index < -0.39 is 29.6 Å². The molecule has 0 aliphatic heterocycles. The number of carbonyl (C=O) groups excluding carboxylic acids is 2. The van der Waals surface area contributed by atoms with Crippen molar-refractivity contribution in [2.45, 2.75) is 25.8 Å². The number of carbonyl (C=O) groups is 3. The first-order valence-corrected chi connectivity index (χ1v) is 5.64. The summed E-state index contributed by atoms with van der Waals surface area (Å²) < 4.78 is 4.79. The van der Waals surface area contributed by atoms with Gasteiger partial charge in [0.2, 0.25) is 11.7 Å². The van der Waals surface area contributed by atoms with E-state index in [0.29, 0.717) is 6.21 Å². The van der Waals surface area contributed by atoms with E-state index in [1.165, 1.54) is 7.11 Å². The molecule has 19 heavy (non-hydrogen) atoms. The normalized spacial score (nSPS) is 12.9. The number of amides is 1. The summed E-state index contributed by atoms with van der Waals surface area (Å²) in [7, 11) is 1.44. The second-order valence-electron chi connectivity index (χ2n) is 4.01. The molecule has 0 saturated heterocycles. The molecule has 0 aromatic carbocycles. The van der Waals surface area contributed by atoms with Crippen LogP contribution in [0.5, 0.6) is 0 Å². The molecule has 106 valence electrons. The van der Waals surface area contributed by atoms with Crippen LogP contribution in [-0.2, 0) is 19.1 Å². The maximum Gasteiger partial charge on any atom is 0.326 e. The van der Waals surface area contributed by atoms with Gasteiger partial charge in [0.05, 0.1) is 12.5 Å². The predicted octanol–water partition coefficient (Wildman–Crippen LogP) is -0.512. The van der Waals surface area contributed by atoms with Crippen LogP contribution in [0.1, 0.15) is 19.8 Å². The van der Waals surface area contributed by atoms with E-state index >= 15 is 0 Å². The van der Waals surface area contributed by atoms with E-state index in [0.717, 1.165) is 0 Å². The van der Waals surface area contributed by atoms with E-state index in [9.17, 15) is 14.4 Å². The molecule has 0 aliphatic rings. The topological polar surface area (TPSA) is 129 Å². The molecule has 0 spiro atoms. The first-order chi connectivity index (χ1) is 8.92. The quantitative estimate of drug-likeness (QED) is 0.331. The van der Waals surface area contributed by atoms with Gasteiger partial charge in [-0.2, -0.15) is 4.79 Å². The van der Waals surface area contributed by atoms with Gasteiger partial charge in [-0.15, -0.1) is 0 Å². The van der Waals surface area contributed by atoms with Crippen molar-refractivity contribution in [1.29, 1.82) is 0 Å². The molecular weight excluding hydrogens is 254 g/mol. The van der Waals surface area contributed by atoms with E-state index in [1.807, 2.05) is 0 Å². The maximum absolute atomic E-state index is 11.6. The van der Waals surface area contributed by atoms with Crippen LogP contribution >= 0.6 is 0 Å². The van der Waals surface area contributed by atoms with Crippen molar-refractivity contribution in [2.75, 3.05) is 13.7 Å². The van der Waals surface area contributed by atoms with Gasteiger partial charge in [-0.25, -0.2) is 4.79 Å². The molecule has 0 rings (SSSR count). The highest BCUT2D eigenvalue weighted by Gasteiger charge is 2.23. The summed E-state index contributed by atoms with van der Waals surface area (Å²) in [6.07, 6.45) is 0.472. The lowest BCUT2D eigenvalue weighted by Crippen LogP contribution is -2.44. The fourth-order valence-corrected chi connectivity index (χ4v) is 1.31. The zero-order chi connectivity index (χ0) is 14.8. The Labute approximate surface area is 110 Å². The van der Waals surface area contributed by atoms with Gasteiger partial charge in [0.1, 0.15) is 6.04 Å². The Morgan fingerprint density at radius 2 is 2.11 bits per heavy atom. The summed E-state index contributed by atoms with van der Waals surface area (Å²) in [5.74, 6) is -2.70. The summed E-state index contributed by atoms with van der Waals surface area (Å²) >= 11 is 0. The van der Waals surface area contributed by atoms with Crippen LogP contribution in [0.15, 0.2) is 0 Å². The second-order valence-corrected chi connectivity index (χ2v) is 4.01. The Kier molecular flexibility index (Phi) is 7.99. The molecule has 8 nitrogen and oxygen atoms in total. The third kappa shape index (κ3) is 7.07. The van der Waals surface area contributed by atoms with E-state index in [1.54, 1.807) is 6.92 Å². The number of nitrogens with one attached hydrogen (secondary N) is 1. The zero-order valence-electron chi connectivity index (χ0n) is 10.8. The van der Waals surface area contributed by atoms with Crippen LogP contribution in [0.4, 0.5) is 0 Å². The first-order valence-electron chi connectivity index (χ1n) is 5.64. The van der Waals surface area contributed by atoms with Crippen LogP contribution < -0.4 is 5.32 Å². The lowest BCUT2D eigenvalue weighted by molar-refractivity contribution is -0.143. The third-order valence-electron chi connectivity index (χ3n) is 2.36. The highest BCUT2D eigenvalue weighted by molar-refractivity contribution is 6.25.